The minimum Gasteiger partial charge on any atom is -0.494 e. The Kier molecular flexibility index (Phi) is 7.57. The highest BCUT2D eigenvalue weighted by atomic mass is 35.5. The molecule has 1 saturated heterocycles. The fourth-order valence-electron chi connectivity index (χ4n) is 4.25. The molecular weight excluding hydrogens is 384 g/mol. The molecule has 2 aliphatic rings. The summed E-state index contributed by atoms with van der Waals surface area (Å²) in [5.41, 5.74) is 4.97. The number of aryl methyl sites for hydroxylation is 2. The predicted octanol–water partition coefficient (Wildman–Crippen LogP) is 4.39. The van der Waals surface area contributed by atoms with Gasteiger partial charge in [-0.05, 0) is 80.1 Å². The van der Waals surface area contributed by atoms with Crippen LogP contribution < -0.4 is 9.64 Å². The summed E-state index contributed by atoms with van der Waals surface area (Å²) in [6.07, 6.45) is 4.77. The summed E-state index contributed by atoms with van der Waals surface area (Å²) in [6, 6.07) is 14.6. The summed E-state index contributed by atoms with van der Waals surface area (Å²) in [5.74, 6) is 1.15. The van der Waals surface area contributed by atoms with Crippen molar-refractivity contribution in [3.63, 3.8) is 0 Å². The van der Waals surface area contributed by atoms with Crippen LogP contribution in [0.15, 0.2) is 42.5 Å². The lowest BCUT2D eigenvalue weighted by molar-refractivity contribution is 0.101. The topological polar surface area (TPSA) is 32.8 Å². The van der Waals surface area contributed by atoms with Crippen molar-refractivity contribution in [2.24, 2.45) is 0 Å². The Hall–Kier alpha value is -2.04. The molecule has 0 spiro atoms. The molecule has 5 heteroatoms. The average Bonchev–Trinajstić information content (AvgIpc) is 3.20. The van der Waals surface area contributed by atoms with E-state index >= 15 is 0 Å². The monoisotopic (exact) mass is 414 g/mol. The molecule has 29 heavy (non-hydrogen) atoms. The van der Waals surface area contributed by atoms with Crippen molar-refractivity contribution >= 4 is 23.9 Å². The first-order valence-corrected chi connectivity index (χ1v) is 10.5. The first-order valence-electron chi connectivity index (χ1n) is 10.5. The molecule has 0 radical (unpaired) electrons. The smallest absolute Gasteiger partial charge is 0.159 e. The van der Waals surface area contributed by atoms with Crippen molar-refractivity contribution in [1.82, 2.24) is 4.90 Å². The number of piperazine rings is 1. The maximum atomic E-state index is 11.4. The Bertz CT molecular complexity index is 814. The molecule has 2 aromatic rings. The molecular formula is C24H31ClN2O2. The van der Waals surface area contributed by atoms with Gasteiger partial charge in [-0.2, -0.15) is 0 Å². The molecule has 156 valence electrons. The minimum absolute atomic E-state index is 0. The Morgan fingerprint density at radius 1 is 0.966 bits per heavy atom. The molecule has 0 N–H and O–H groups in total. The molecule has 0 aromatic heterocycles. The summed E-state index contributed by atoms with van der Waals surface area (Å²) < 4.78 is 5.98. The number of ketones is 1. The van der Waals surface area contributed by atoms with E-state index in [0.717, 1.165) is 57.1 Å². The fourth-order valence-corrected chi connectivity index (χ4v) is 4.25. The molecule has 2 aromatic carbocycles. The highest BCUT2D eigenvalue weighted by Crippen LogP contribution is 2.26. The van der Waals surface area contributed by atoms with E-state index in [9.17, 15) is 4.79 Å². The zero-order valence-electron chi connectivity index (χ0n) is 17.2. The molecule has 0 bridgehead atoms. The van der Waals surface area contributed by atoms with Gasteiger partial charge in [0.1, 0.15) is 5.75 Å². The predicted molar refractivity (Wildman–Crippen MR) is 121 cm³/mol. The maximum absolute atomic E-state index is 11.4. The van der Waals surface area contributed by atoms with Crippen molar-refractivity contribution in [2.45, 2.75) is 32.6 Å². The highest BCUT2D eigenvalue weighted by Gasteiger charge is 2.17. The van der Waals surface area contributed by atoms with Gasteiger partial charge in [0, 0.05) is 44.0 Å². The van der Waals surface area contributed by atoms with Crippen LogP contribution >= 0.6 is 12.4 Å². The third-order valence-electron chi connectivity index (χ3n) is 5.97. The van der Waals surface area contributed by atoms with Crippen molar-refractivity contribution in [1.29, 1.82) is 0 Å². The van der Waals surface area contributed by atoms with Crippen molar-refractivity contribution in [3.05, 3.63) is 59.2 Å². The Morgan fingerprint density at radius 3 is 2.41 bits per heavy atom. The summed E-state index contributed by atoms with van der Waals surface area (Å²) in [4.78, 5) is 16.3. The van der Waals surface area contributed by atoms with Crippen LogP contribution in [0.1, 0.15) is 41.3 Å². The van der Waals surface area contributed by atoms with Crippen LogP contribution in [-0.4, -0.2) is 50.0 Å². The van der Waals surface area contributed by atoms with Gasteiger partial charge in [0.25, 0.3) is 0 Å². The second-order valence-corrected chi connectivity index (χ2v) is 7.92. The number of halogens is 1. The number of benzene rings is 2. The van der Waals surface area contributed by atoms with Gasteiger partial charge in [0.05, 0.1) is 6.61 Å². The van der Waals surface area contributed by atoms with E-state index in [-0.39, 0.29) is 18.2 Å². The lowest BCUT2D eigenvalue weighted by Gasteiger charge is -2.36. The van der Waals surface area contributed by atoms with Crippen molar-refractivity contribution in [2.75, 3.05) is 44.2 Å². The van der Waals surface area contributed by atoms with Crippen LogP contribution in [0, 0.1) is 0 Å². The van der Waals surface area contributed by atoms with Crippen LogP contribution in [0.5, 0.6) is 5.75 Å². The van der Waals surface area contributed by atoms with Crippen molar-refractivity contribution < 1.29 is 9.53 Å². The molecule has 0 atom stereocenters. The van der Waals surface area contributed by atoms with E-state index in [2.05, 4.69) is 40.1 Å². The standard InChI is InChI=1S/C24H30N2O2.ClH/c1-19(27)20-6-9-23(10-7-20)26-15-13-25(14-16-26)12-3-17-28-24-11-8-21-4-2-5-22(21)18-24;/h6-11,18H,2-5,12-17H2,1H3;1H. The Morgan fingerprint density at radius 2 is 1.69 bits per heavy atom. The van der Waals surface area contributed by atoms with Crippen LogP contribution in [0.2, 0.25) is 0 Å². The average molecular weight is 415 g/mol. The van der Waals surface area contributed by atoms with Gasteiger partial charge in [-0.15, -0.1) is 12.4 Å². The summed E-state index contributed by atoms with van der Waals surface area (Å²) in [5, 5.41) is 0. The number of carbonyl (C=O) groups is 1. The molecule has 1 heterocycles. The number of nitrogens with zero attached hydrogens (tertiary/aromatic N) is 2. The van der Waals surface area contributed by atoms with Crippen LogP contribution in [0.25, 0.3) is 0 Å². The third kappa shape index (κ3) is 5.52. The molecule has 0 amide bonds. The number of hydrogen-bond donors (Lipinski definition) is 0. The van der Waals surface area contributed by atoms with Crippen molar-refractivity contribution in [3.8, 4) is 5.75 Å². The van der Waals surface area contributed by atoms with Gasteiger partial charge in [0.15, 0.2) is 5.78 Å². The second-order valence-electron chi connectivity index (χ2n) is 7.92. The fraction of sp³-hybridized carbons (Fsp3) is 0.458. The number of rotatable bonds is 7. The van der Waals surface area contributed by atoms with E-state index < -0.39 is 0 Å². The maximum Gasteiger partial charge on any atom is 0.159 e. The van der Waals surface area contributed by atoms with Gasteiger partial charge in [0.2, 0.25) is 0 Å². The van der Waals surface area contributed by atoms with Gasteiger partial charge < -0.3 is 9.64 Å². The normalized spacial score (nSPS) is 16.2. The largest absolute Gasteiger partial charge is 0.494 e. The quantitative estimate of drug-likeness (QED) is 0.497. The molecule has 0 unspecified atom stereocenters. The van der Waals surface area contributed by atoms with Gasteiger partial charge in [-0.25, -0.2) is 0 Å². The number of Topliss-reactive ketones (excluding diaryl/α,β-unsaturated/α-hetero) is 1. The zero-order chi connectivity index (χ0) is 19.3. The van der Waals surface area contributed by atoms with E-state index in [1.165, 1.54) is 36.1 Å². The van der Waals surface area contributed by atoms with E-state index in [1.807, 2.05) is 12.1 Å². The Balaban J connectivity index is 0.00000240. The van der Waals surface area contributed by atoms with Crippen LogP contribution in [0.4, 0.5) is 5.69 Å². The first-order chi connectivity index (χ1) is 13.7. The van der Waals surface area contributed by atoms with Gasteiger partial charge in [-0.1, -0.05) is 6.07 Å². The molecule has 1 aliphatic heterocycles. The lowest BCUT2D eigenvalue weighted by Crippen LogP contribution is -2.46. The zero-order valence-corrected chi connectivity index (χ0v) is 18.0. The number of fused-ring (bicyclic) bond motifs is 1. The molecule has 1 aliphatic carbocycles. The van der Waals surface area contributed by atoms with Crippen LogP contribution in [-0.2, 0) is 12.8 Å². The molecule has 4 rings (SSSR count). The summed E-state index contributed by atoms with van der Waals surface area (Å²) in [7, 11) is 0. The van der Waals surface area contributed by atoms with Gasteiger partial charge in [-0.3, -0.25) is 9.69 Å². The SMILES string of the molecule is CC(=O)c1ccc(N2CCN(CCCOc3ccc4c(c3)CCC4)CC2)cc1.Cl. The van der Waals surface area contributed by atoms with E-state index in [1.54, 1.807) is 6.92 Å². The second kappa shape index (κ2) is 10.1. The molecule has 1 fully saturated rings. The number of hydrogen-bond acceptors (Lipinski definition) is 4. The minimum atomic E-state index is 0. The van der Waals surface area contributed by atoms with Crippen LogP contribution in [0.3, 0.4) is 0 Å². The number of ether oxygens (including phenoxy) is 1. The highest BCUT2D eigenvalue weighted by molar-refractivity contribution is 5.94. The summed E-state index contributed by atoms with van der Waals surface area (Å²) in [6.45, 7) is 7.70. The van der Waals surface area contributed by atoms with Gasteiger partial charge >= 0.3 is 0 Å². The lowest BCUT2D eigenvalue weighted by atomic mass is 10.1. The number of carbonyl (C=O) groups excluding carboxylic acids is 1. The summed E-state index contributed by atoms with van der Waals surface area (Å²) >= 11 is 0. The third-order valence-corrected chi connectivity index (χ3v) is 5.97. The molecule has 4 nitrogen and oxygen atoms in total. The number of anilines is 1. The first kappa shape index (κ1) is 21.7. The molecule has 0 saturated carbocycles. The van der Waals surface area contributed by atoms with E-state index in [4.69, 9.17) is 4.74 Å². The van der Waals surface area contributed by atoms with E-state index in [0.29, 0.717) is 0 Å². The Labute approximate surface area is 180 Å².